The molecule has 1 aliphatic heterocycles. The molecule has 0 bridgehead atoms. The number of rotatable bonds is 9. The molecule has 40 heavy (non-hydrogen) atoms. The van der Waals surface area contributed by atoms with Gasteiger partial charge >= 0.3 is 0 Å². The van der Waals surface area contributed by atoms with Crippen LogP contribution in [0.5, 0.6) is 0 Å². The first-order valence-corrected chi connectivity index (χ1v) is 13.8. The predicted octanol–water partition coefficient (Wildman–Crippen LogP) is 4.46. The van der Waals surface area contributed by atoms with Crippen LogP contribution < -0.4 is 11.3 Å². The molecule has 2 aromatic carbocycles. The Hall–Kier alpha value is -4.53. The van der Waals surface area contributed by atoms with Gasteiger partial charge in [-0.1, -0.05) is 32.0 Å². The highest BCUT2D eigenvalue weighted by Crippen LogP contribution is 2.33. The number of amides is 1. The number of pyridine rings is 1. The number of carbonyl (C=O) groups is 1. The van der Waals surface area contributed by atoms with E-state index in [2.05, 4.69) is 28.9 Å². The van der Waals surface area contributed by atoms with Crippen LogP contribution in [0.1, 0.15) is 44.5 Å². The summed E-state index contributed by atoms with van der Waals surface area (Å²) in [6.07, 6.45) is 8.03. The average Bonchev–Trinajstić information content (AvgIpc) is 3.28. The molecule has 0 fully saturated rings. The second kappa shape index (κ2) is 11.7. The topological polar surface area (TPSA) is 111 Å². The maximum absolute atomic E-state index is 13.3. The molecule has 0 saturated heterocycles. The van der Waals surface area contributed by atoms with Crippen LogP contribution in [-0.2, 0) is 24.8 Å². The number of fused-ring (bicyclic) bond motifs is 2. The van der Waals surface area contributed by atoms with Crippen molar-refractivity contribution in [2.75, 3.05) is 13.1 Å². The molecule has 2 aromatic heterocycles. The summed E-state index contributed by atoms with van der Waals surface area (Å²) >= 11 is 0. The second-order valence-corrected chi connectivity index (χ2v) is 10.2. The molecule has 206 valence electrons. The number of hydrogen-bond donors (Lipinski definition) is 1. The van der Waals surface area contributed by atoms with Crippen molar-refractivity contribution in [3.05, 3.63) is 82.3 Å². The lowest BCUT2D eigenvalue weighted by Crippen LogP contribution is -2.34. The van der Waals surface area contributed by atoms with Crippen molar-refractivity contribution in [3.63, 3.8) is 0 Å². The minimum atomic E-state index is -0.0342. The summed E-state index contributed by atoms with van der Waals surface area (Å²) in [6, 6.07) is 13.8. The largest absolute Gasteiger partial charge is 0.387 e. The molecule has 0 unspecified atom stereocenters. The van der Waals surface area contributed by atoms with Gasteiger partial charge in [0.1, 0.15) is 18.0 Å². The van der Waals surface area contributed by atoms with Crippen LogP contribution in [0.15, 0.2) is 70.3 Å². The number of amidine groups is 1. The predicted molar refractivity (Wildman–Crippen MR) is 159 cm³/mol. The van der Waals surface area contributed by atoms with Crippen molar-refractivity contribution in [2.45, 2.75) is 46.1 Å². The van der Waals surface area contributed by atoms with Gasteiger partial charge in [-0.05, 0) is 59.7 Å². The summed E-state index contributed by atoms with van der Waals surface area (Å²) in [5, 5.41) is 5.62. The Labute approximate surface area is 233 Å². The number of carbonyl (C=O) groups excluding carboxylic acids is 1. The summed E-state index contributed by atoms with van der Waals surface area (Å²) in [6.45, 7) is 6.13. The zero-order valence-electron chi connectivity index (χ0n) is 23.3. The third-order valence-corrected chi connectivity index (χ3v) is 7.24. The molecule has 0 atom stereocenters. The molecule has 0 spiro atoms. The Balaban J connectivity index is 1.42. The van der Waals surface area contributed by atoms with E-state index in [9.17, 15) is 9.59 Å². The van der Waals surface area contributed by atoms with Gasteiger partial charge in [-0.2, -0.15) is 5.10 Å². The molecule has 1 amide bonds. The molecular weight excluding hydrogens is 502 g/mol. The number of benzene rings is 2. The van der Waals surface area contributed by atoms with Gasteiger partial charge in [0.15, 0.2) is 0 Å². The van der Waals surface area contributed by atoms with E-state index in [1.165, 1.54) is 6.33 Å². The van der Waals surface area contributed by atoms with Crippen LogP contribution in [0, 0.1) is 0 Å². The van der Waals surface area contributed by atoms with E-state index in [1.807, 2.05) is 66.7 Å². The molecule has 9 nitrogen and oxygen atoms in total. The van der Waals surface area contributed by atoms with Crippen molar-refractivity contribution in [1.29, 1.82) is 0 Å². The molecule has 1 aliphatic rings. The van der Waals surface area contributed by atoms with Gasteiger partial charge in [0.2, 0.25) is 5.91 Å². The van der Waals surface area contributed by atoms with Crippen molar-refractivity contribution in [1.82, 2.24) is 24.2 Å². The Morgan fingerprint density at radius 1 is 1.05 bits per heavy atom. The van der Waals surface area contributed by atoms with E-state index < -0.39 is 0 Å². The van der Waals surface area contributed by atoms with Crippen LogP contribution in [0.3, 0.4) is 0 Å². The highest BCUT2D eigenvalue weighted by Gasteiger charge is 2.21. The van der Waals surface area contributed by atoms with Gasteiger partial charge in [0.05, 0.1) is 5.69 Å². The lowest BCUT2D eigenvalue weighted by molar-refractivity contribution is -0.127. The standard InChI is InChI=1S/C31H35N7O2/c1-4-12-37(13-5-2)30(39)25-17-24-7-6-22(18-27(24)35-28(32)19-25)21-8-9-26-23(16-21)10-14-38(31(26)40)15-11-29-33-20-34-36(29)3/h6-10,14,16-18,20H,4-5,11-13,15,19H2,1-3H3,(H2,32,35). The lowest BCUT2D eigenvalue weighted by atomic mass is 9.99. The van der Waals surface area contributed by atoms with Gasteiger partial charge in [-0.25, -0.2) is 9.98 Å². The molecule has 0 radical (unpaired) electrons. The zero-order valence-corrected chi connectivity index (χ0v) is 23.3. The zero-order chi connectivity index (χ0) is 28.2. The molecule has 0 aliphatic carbocycles. The average molecular weight is 538 g/mol. The molecule has 5 rings (SSSR count). The Morgan fingerprint density at radius 3 is 2.52 bits per heavy atom. The summed E-state index contributed by atoms with van der Waals surface area (Å²) < 4.78 is 3.43. The summed E-state index contributed by atoms with van der Waals surface area (Å²) in [7, 11) is 1.85. The number of hydrogen-bond acceptors (Lipinski definition) is 6. The third-order valence-electron chi connectivity index (χ3n) is 7.24. The first-order chi connectivity index (χ1) is 19.4. The van der Waals surface area contributed by atoms with E-state index >= 15 is 0 Å². The van der Waals surface area contributed by atoms with Crippen LogP contribution >= 0.6 is 0 Å². The molecule has 3 heterocycles. The lowest BCUT2D eigenvalue weighted by Gasteiger charge is -2.22. The first-order valence-electron chi connectivity index (χ1n) is 13.8. The molecule has 0 saturated carbocycles. The minimum absolute atomic E-state index is 0.0237. The van der Waals surface area contributed by atoms with Crippen LogP contribution in [0.4, 0.5) is 5.69 Å². The normalized spacial score (nSPS) is 13.0. The van der Waals surface area contributed by atoms with E-state index in [4.69, 9.17) is 5.73 Å². The van der Waals surface area contributed by atoms with E-state index in [0.29, 0.717) is 36.2 Å². The molecule has 4 aromatic rings. The van der Waals surface area contributed by atoms with Gasteiger partial charge in [-0.15, -0.1) is 0 Å². The van der Waals surface area contributed by atoms with Gasteiger partial charge in [-0.3, -0.25) is 14.3 Å². The number of aryl methyl sites for hydroxylation is 3. The quantitative estimate of drug-likeness (QED) is 0.339. The Bertz CT molecular complexity index is 1670. The van der Waals surface area contributed by atoms with Gasteiger partial charge in [0, 0.05) is 62.2 Å². The summed E-state index contributed by atoms with van der Waals surface area (Å²) in [4.78, 5) is 37.2. The van der Waals surface area contributed by atoms with Crippen molar-refractivity contribution >= 4 is 34.3 Å². The Kier molecular flexibility index (Phi) is 7.91. The highest BCUT2D eigenvalue weighted by molar-refractivity contribution is 6.05. The number of aromatic nitrogens is 4. The van der Waals surface area contributed by atoms with Crippen LogP contribution in [-0.4, -0.2) is 49.1 Å². The number of nitrogens with two attached hydrogens (primary N) is 1. The first kappa shape index (κ1) is 27.1. The SMILES string of the molecule is CCCN(CCC)C(=O)C1=Cc2ccc(-c3ccc4c(=O)n(CCc5ncnn5C)ccc4c3)cc2N=C(N)C1. The fourth-order valence-electron chi connectivity index (χ4n) is 5.18. The summed E-state index contributed by atoms with van der Waals surface area (Å²) in [5.41, 5.74) is 10.4. The number of nitrogens with zero attached hydrogens (tertiary/aromatic N) is 6. The van der Waals surface area contributed by atoms with E-state index in [1.54, 1.807) is 9.25 Å². The van der Waals surface area contributed by atoms with Gasteiger partial charge in [0.25, 0.3) is 5.56 Å². The van der Waals surface area contributed by atoms with Gasteiger partial charge < -0.3 is 15.2 Å². The minimum Gasteiger partial charge on any atom is -0.387 e. The third kappa shape index (κ3) is 5.59. The maximum Gasteiger partial charge on any atom is 0.258 e. The van der Waals surface area contributed by atoms with Crippen molar-refractivity contribution in [2.24, 2.45) is 17.8 Å². The maximum atomic E-state index is 13.3. The smallest absolute Gasteiger partial charge is 0.258 e. The fraction of sp³-hybridized carbons (Fsp3) is 0.323. The molecular formula is C31H35N7O2. The highest BCUT2D eigenvalue weighted by atomic mass is 16.2. The molecule has 2 N–H and O–H groups in total. The second-order valence-electron chi connectivity index (χ2n) is 10.2. The molecule has 9 heteroatoms. The Morgan fingerprint density at radius 2 is 1.80 bits per heavy atom. The van der Waals surface area contributed by atoms with Crippen LogP contribution in [0.2, 0.25) is 0 Å². The monoisotopic (exact) mass is 537 g/mol. The van der Waals surface area contributed by atoms with E-state index in [0.717, 1.165) is 59.5 Å². The van der Waals surface area contributed by atoms with Crippen molar-refractivity contribution < 1.29 is 4.79 Å². The van der Waals surface area contributed by atoms with Crippen molar-refractivity contribution in [3.8, 4) is 11.1 Å². The van der Waals surface area contributed by atoms with Crippen LogP contribution in [0.25, 0.3) is 28.0 Å². The number of aliphatic imine (C=N–C) groups is 1. The summed E-state index contributed by atoms with van der Waals surface area (Å²) in [5.74, 6) is 1.28. The van der Waals surface area contributed by atoms with E-state index in [-0.39, 0.29) is 11.5 Å². The fourth-order valence-corrected chi connectivity index (χ4v) is 5.18.